The van der Waals surface area contributed by atoms with Gasteiger partial charge in [-0.3, -0.25) is 4.79 Å². The van der Waals surface area contributed by atoms with Gasteiger partial charge in [0.1, 0.15) is 6.54 Å². The molecule has 1 aliphatic rings. The standard InChI is InChI=1S/C18H24N4O3/c1-21(2)17(23)11-22-7-5-14-9-15(3-4-16(14)22)20-18(24)19-10-13-6-8-25-12-13/h3-5,7,9,13H,6,8,10-12H2,1-2H3,(H2,19,20,24)/t13-/m0/s1. The van der Waals surface area contributed by atoms with E-state index in [1.807, 2.05) is 35.0 Å². The van der Waals surface area contributed by atoms with Gasteiger partial charge in [-0.1, -0.05) is 0 Å². The molecule has 7 nitrogen and oxygen atoms in total. The third kappa shape index (κ3) is 4.30. The summed E-state index contributed by atoms with van der Waals surface area (Å²) in [7, 11) is 3.48. The van der Waals surface area contributed by atoms with Gasteiger partial charge < -0.3 is 24.8 Å². The largest absolute Gasteiger partial charge is 0.381 e. The summed E-state index contributed by atoms with van der Waals surface area (Å²) in [6.07, 6.45) is 2.88. The van der Waals surface area contributed by atoms with Gasteiger partial charge in [-0.05, 0) is 30.7 Å². The van der Waals surface area contributed by atoms with Crippen LogP contribution in [0.4, 0.5) is 10.5 Å². The lowest BCUT2D eigenvalue weighted by molar-refractivity contribution is -0.129. The Balaban J connectivity index is 1.61. The zero-order chi connectivity index (χ0) is 17.8. The molecule has 134 valence electrons. The topological polar surface area (TPSA) is 75.6 Å². The molecule has 1 atom stereocenters. The fraction of sp³-hybridized carbons (Fsp3) is 0.444. The number of fused-ring (bicyclic) bond motifs is 1. The maximum absolute atomic E-state index is 12.0. The molecular formula is C18H24N4O3. The van der Waals surface area contributed by atoms with Gasteiger partial charge in [-0.25, -0.2) is 4.79 Å². The summed E-state index contributed by atoms with van der Waals surface area (Å²) in [6, 6.07) is 7.39. The number of likely N-dealkylation sites (N-methyl/N-ethyl adjacent to an activating group) is 1. The summed E-state index contributed by atoms with van der Waals surface area (Å²) < 4.78 is 7.20. The van der Waals surface area contributed by atoms with Crippen LogP contribution in [-0.2, 0) is 16.1 Å². The molecule has 1 fully saturated rings. The summed E-state index contributed by atoms with van der Waals surface area (Å²) in [4.78, 5) is 25.5. The molecule has 2 aromatic rings. The average molecular weight is 344 g/mol. The number of carbonyl (C=O) groups is 2. The molecule has 1 aromatic heterocycles. The highest BCUT2D eigenvalue weighted by Gasteiger charge is 2.16. The summed E-state index contributed by atoms with van der Waals surface area (Å²) in [5.41, 5.74) is 1.69. The van der Waals surface area contributed by atoms with Crippen LogP contribution in [0, 0.1) is 5.92 Å². The number of ether oxygens (including phenoxy) is 1. The third-order valence-electron chi connectivity index (χ3n) is 4.41. The Morgan fingerprint density at radius 3 is 2.88 bits per heavy atom. The first-order valence-electron chi connectivity index (χ1n) is 8.44. The summed E-state index contributed by atoms with van der Waals surface area (Å²) in [6.45, 7) is 2.41. The number of nitrogens with one attached hydrogen (secondary N) is 2. The van der Waals surface area contributed by atoms with E-state index in [1.165, 1.54) is 0 Å². The van der Waals surface area contributed by atoms with Gasteiger partial charge in [-0.15, -0.1) is 0 Å². The van der Waals surface area contributed by atoms with Crippen LogP contribution in [0.3, 0.4) is 0 Å². The van der Waals surface area contributed by atoms with Crippen LogP contribution in [0.15, 0.2) is 30.5 Å². The number of anilines is 1. The summed E-state index contributed by atoms with van der Waals surface area (Å²) in [5.74, 6) is 0.437. The van der Waals surface area contributed by atoms with Crippen molar-refractivity contribution < 1.29 is 14.3 Å². The molecule has 0 aliphatic carbocycles. The van der Waals surface area contributed by atoms with Crippen LogP contribution in [0.2, 0.25) is 0 Å². The van der Waals surface area contributed by atoms with Gasteiger partial charge in [0.15, 0.2) is 0 Å². The predicted molar refractivity (Wildman–Crippen MR) is 96.6 cm³/mol. The third-order valence-corrected chi connectivity index (χ3v) is 4.41. The first-order valence-corrected chi connectivity index (χ1v) is 8.44. The van der Waals surface area contributed by atoms with E-state index in [-0.39, 0.29) is 11.9 Å². The maximum atomic E-state index is 12.0. The number of nitrogens with zero attached hydrogens (tertiary/aromatic N) is 2. The van der Waals surface area contributed by atoms with E-state index in [9.17, 15) is 9.59 Å². The van der Waals surface area contributed by atoms with Crippen molar-refractivity contribution in [2.75, 3.05) is 39.2 Å². The Morgan fingerprint density at radius 2 is 2.16 bits per heavy atom. The number of benzene rings is 1. The second-order valence-corrected chi connectivity index (χ2v) is 6.57. The summed E-state index contributed by atoms with van der Waals surface area (Å²) >= 11 is 0. The second kappa shape index (κ2) is 7.57. The Morgan fingerprint density at radius 1 is 1.32 bits per heavy atom. The highest BCUT2D eigenvalue weighted by atomic mass is 16.5. The Hall–Kier alpha value is -2.54. The van der Waals surface area contributed by atoms with Gasteiger partial charge >= 0.3 is 6.03 Å². The molecule has 1 aliphatic heterocycles. The molecule has 7 heteroatoms. The average Bonchev–Trinajstić information content (AvgIpc) is 3.23. The Kier molecular flexibility index (Phi) is 5.23. The number of amides is 3. The van der Waals surface area contributed by atoms with Crippen LogP contribution in [0.5, 0.6) is 0 Å². The van der Waals surface area contributed by atoms with Crippen LogP contribution < -0.4 is 10.6 Å². The molecule has 25 heavy (non-hydrogen) atoms. The van der Waals surface area contributed by atoms with Crippen molar-refractivity contribution in [3.05, 3.63) is 30.5 Å². The Bertz CT molecular complexity index is 763. The molecule has 2 heterocycles. The highest BCUT2D eigenvalue weighted by molar-refractivity contribution is 5.93. The van der Waals surface area contributed by atoms with E-state index in [0.717, 1.165) is 29.6 Å². The molecule has 1 saturated heterocycles. The fourth-order valence-corrected chi connectivity index (χ4v) is 2.86. The van der Waals surface area contributed by atoms with E-state index in [4.69, 9.17) is 4.74 Å². The molecule has 0 unspecified atom stereocenters. The molecule has 1 aromatic carbocycles. The molecule has 0 saturated carbocycles. The van der Waals surface area contributed by atoms with Crippen molar-refractivity contribution in [1.82, 2.24) is 14.8 Å². The highest BCUT2D eigenvalue weighted by Crippen LogP contribution is 2.21. The van der Waals surface area contributed by atoms with Crippen molar-refractivity contribution in [2.45, 2.75) is 13.0 Å². The van der Waals surface area contributed by atoms with Gasteiger partial charge in [0.25, 0.3) is 0 Å². The van der Waals surface area contributed by atoms with Crippen molar-refractivity contribution in [1.29, 1.82) is 0 Å². The van der Waals surface area contributed by atoms with Gasteiger partial charge in [0, 0.05) is 56.0 Å². The molecule has 0 radical (unpaired) electrons. The van der Waals surface area contributed by atoms with E-state index < -0.39 is 0 Å². The first-order chi connectivity index (χ1) is 12.0. The van der Waals surface area contributed by atoms with Crippen molar-refractivity contribution in [3.63, 3.8) is 0 Å². The minimum absolute atomic E-state index is 0.0370. The number of hydrogen-bond donors (Lipinski definition) is 2. The quantitative estimate of drug-likeness (QED) is 0.870. The Labute approximate surface area is 146 Å². The van der Waals surface area contributed by atoms with Crippen molar-refractivity contribution in [3.8, 4) is 0 Å². The summed E-state index contributed by atoms with van der Waals surface area (Å²) in [5, 5.41) is 6.71. The lowest BCUT2D eigenvalue weighted by Gasteiger charge is -2.12. The fourth-order valence-electron chi connectivity index (χ4n) is 2.86. The molecule has 0 spiro atoms. The zero-order valence-corrected chi connectivity index (χ0v) is 14.6. The monoisotopic (exact) mass is 344 g/mol. The zero-order valence-electron chi connectivity index (χ0n) is 14.6. The number of hydrogen-bond acceptors (Lipinski definition) is 3. The lowest BCUT2D eigenvalue weighted by Crippen LogP contribution is -2.33. The van der Waals surface area contributed by atoms with Gasteiger partial charge in [0.05, 0.1) is 6.61 Å². The van der Waals surface area contributed by atoms with Crippen LogP contribution >= 0.6 is 0 Å². The van der Waals surface area contributed by atoms with Crippen molar-refractivity contribution in [2.24, 2.45) is 5.92 Å². The first kappa shape index (κ1) is 17.3. The van der Waals surface area contributed by atoms with E-state index in [0.29, 0.717) is 25.6 Å². The van der Waals surface area contributed by atoms with E-state index in [1.54, 1.807) is 19.0 Å². The van der Waals surface area contributed by atoms with Crippen LogP contribution in [0.1, 0.15) is 6.42 Å². The number of aromatic nitrogens is 1. The van der Waals surface area contributed by atoms with E-state index >= 15 is 0 Å². The van der Waals surface area contributed by atoms with E-state index in [2.05, 4.69) is 10.6 Å². The number of rotatable bonds is 5. The minimum Gasteiger partial charge on any atom is -0.381 e. The smallest absolute Gasteiger partial charge is 0.319 e. The molecule has 2 N–H and O–H groups in total. The van der Waals surface area contributed by atoms with Crippen LogP contribution in [0.25, 0.3) is 10.9 Å². The van der Waals surface area contributed by atoms with Gasteiger partial charge in [0.2, 0.25) is 5.91 Å². The van der Waals surface area contributed by atoms with Crippen LogP contribution in [-0.4, -0.2) is 55.3 Å². The number of urea groups is 1. The lowest BCUT2D eigenvalue weighted by atomic mass is 10.1. The van der Waals surface area contributed by atoms with Crippen molar-refractivity contribution >= 4 is 28.5 Å². The molecular weight excluding hydrogens is 320 g/mol. The molecule has 3 amide bonds. The molecule has 3 rings (SSSR count). The predicted octanol–water partition coefficient (Wildman–Crippen LogP) is 1.89. The maximum Gasteiger partial charge on any atom is 0.319 e. The second-order valence-electron chi connectivity index (χ2n) is 6.57. The van der Waals surface area contributed by atoms with Gasteiger partial charge in [-0.2, -0.15) is 0 Å². The normalized spacial score (nSPS) is 16.8. The number of carbonyl (C=O) groups excluding carboxylic acids is 2. The SMILES string of the molecule is CN(C)C(=O)Cn1ccc2cc(NC(=O)NC[C@@H]3CCOC3)ccc21. The molecule has 0 bridgehead atoms. The minimum atomic E-state index is -0.214.